The van der Waals surface area contributed by atoms with Crippen molar-refractivity contribution in [3.05, 3.63) is 53.3 Å². The van der Waals surface area contributed by atoms with E-state index >= 15 is 0 Å². The minimum atomic E-state index is -1.84. The van der Waals surface area contributed by atoms with Crippen molar-refractivity contribution in [2.24, 2.45) is 0 Å². The van der Waals surface area contributed by atoms with Crippen LogP contribution in [-0.4, -0.2) is 21.5 Å². The molecule has 4 nitrogen and oxygen atoms in total. The molecule has 0 heterocycles. The molecule has 0 aliphatic carbocycles. The molecule has 0 radical (unpaired) electrons. The van der Waals surface area contributed by atoms with E-state index in [1.165, 1.54) is 18.2 Å². The Hall–Kier alpha value is -2.19. The van der Waals surface area contributed by atoms with Gasteiger partial charge in [-0.2, -0.15) is 0 Å². The normalized spacial score (nSPS) is 12.1. The van der Waals surface area contributed by atoms with E-state index in [9.17, 15) is 13.2 Å². The number of nitrogen functional groups attached to an aromatic ring is 1. The lowest BCUT2D eigenvalue weighted by Crippen LogP contribution is -2.41. The van der Waals surface area contributed by atoms with Gasteiger partial charge in [-0.25, -0.2) is 13.2 Å². The Labute approximate surface area is 177 Å². The van der Waals surface area contributed by atoms with Gasteiger partial charge >= 0.3 is 0 Å². The number of ether oxygens (including phenoxy) is 2. The Morgan fingerprint density at radius 1 is 0.933 bits per heavy atom. The van der Waals surface area contributed by atoms with Gasteiger partial charge in [-0.3, -0.25) is 0 Å². The van der Waals surface area contributed by atoms with Crippen LogP contribution in [0.15, 0.2) is 30.3 Å². The zero-order chi connectivity index (χ0) is 22.5. The van der Waals surface area contributed by atoms with E-state index in [2.05, 4.69) is 33.9 Å². The quantitative estimate of drug-likeness (QED) is 0.292. The topological polar surface area (TPSA) is 53.7 Å². The zero-order valence-electron chi connectivity index (χ0n) is 18.2. The van der Waals surface area contributed by atoms with Crippen LogP contribution >= 0.6 is 0 Å². The number of nitrogens with two attached hydrogens (primary N) is 1. The molecule has 0 spiro atoms. The first-order valence-corrected chi connectivity index (χ1v) is 12.7. The number of hydrogen-bond acceptors (Lipinski definition) is 4. The third kappa shape index (κ3) is 6.15. The number of benzene rings is 2. The molecule has 0 unspecified atom stereocenters. The average Bonchev–Trinajstić information content (AvgIpc) is 2.65. The molecule has 166 valence electrons. The minimum absolute atomic E-state index is 0.0526. The van der Waals surface area contributed by atoms with Gasteiger partial charge in [0.25, 0.3) is 0 Å². The maximum atomic E-state index is 14.3. The summed E-state index contributed by atoms with van der Waals surface area (Å²) in [5.74, 6) is -2.19. The summed E-state index contributed by atoms with van der Waals surface area (Å²) in [4.78, 5) is 0. The van der Waals surface area contributed by atoms with Crippen LogP contribution in [0, 0.1) is 17.5 Å². The second-order valence-corrected chi connectivity index (χ2v) is 13.4. The van der Waals surface area contributed by atoms with Crippen LogP contribution in [-0.2, 0) is 11.0 Å². The van der Waals surface area contributed by atoms with Crippen molar-refractivity contribution < 1.29 is 27.1 Å². The average molecular weight is 442 g/mol. The molecular weight excluding hydrogens is 411 g/mol. The van der Waals surface area contributed by atoms with E-state index in [1.807, 2.05) is 0 Å². The number of anilines is 1. The highest BCUT2D eigenvalue weighted by Gasteiger charge is 2.36. The molecule has 2 rings (SSSR count). The number of halogens is 3. The van der Waals surface area contributed by atoms with Crippen LogP contribution in [0.25, 0.3) is 0 Å². The predicted octanol–water partition coefficient (Wildman–Crippen LogP) is 6.06. The highest BCUT2D eigenvalue weighted by molar-refractivity contribution is 6.74. The number of hydrogen-bond donors (Lipinski definition) is 1. The Bertz CT molecular complexity index is 869. The first-order valence-electron chi connectivity index (χ1n) is 9.84. The molecule has 2 aromatic rings. The van der Waals surface area contributed by atoms with Crippen molar-refractivity contribution in [3.8, 4) is 11.5 Å². The summed E-state index contributed by atoms with van der Waals surface area (Å²) in [6.07, 6.45) is 0.611. The molecule has 0 bridgehead atoms. The van der Waals surface area contributed by atoms with Crippen molar-refractivity contribution in [1.82, 2.24) is 0 Å². The SMILES string of the molecule is CC(C)(C)[Si](C)(C)OCCCOc1ccc(F)c(F)c1COc1ccc(F)c(N)c1. The van der Waals surface area contributed by atoms with Crippen LogP contribution in [0.3, 0.4) is 0 Å². The Morgan fingerprint density at radius 3 is 2.23 bits per heavy atom. The van der Waals surface area contributed by atoms with Crippen molar-refractivity contribution in [3.63, 3.8) is 0 Å². The van der Waals surface area contributed by atoms with Crippen molar-refractivity contribution in [2.75, 3.05) is 18.9 Å². The second-order valence-electron chi connectivity index (χ2n) is 8.62. The Morgan fingerprint density at radius 2 is 1.60 bits per heavy atom. The molecule has 8 heteroatoms. The van der Waals surface area contributed by atoms with E-state index < -0.39 is 25.8 Å². The largest absolute Gasteiger partial charge is 0.493 e. The van der Waals surface area contributed by atoms with E-state index in [-0.39, 0.29) is 41.0 Å². The van der Waals surface area contributed by atoms with Gasteiger partial charge in [0.15, 0.2) is 20.0 Å². The van der Waals surface area contributed by atoms with Crippen LogP contribution in [0.5, 0.6) is 11.5 Å². The summed E-state index contributed by atoms with van der Waals surface area (Å²) in [5.41, 5.74) is 5.36. The van der Waals surface area contributed by atoms with Crippen LogP contribution in [0.2, 0.25) is 18.1 Å². The lowest BCUT2D eigenvalue weighted by molar-refractivity contribution is 0.226. The van der Waals surface area contributed by atoms with Crippen LogP contribution in [0.4, 0.5) is 18.9 Å². The molecular formula is C22H30F3NO3Si. The fourth-order valence-corrected chi connectivity index (χ4v) is 3.48. The van der Waals surface area contributed by atoms with Gasteiger partial charge in [-0.15, -0.1) is 0 Å². The Kier molecular flexibility index (Phi) is 7.82. The molecule has 0 atom stereocenters. The third-order valence-corrected chi connectivity index (χ3v) is 9.86. The van der Waals surface area contributed by atoms with Crippen molar-refractivity contribution in [2.45, 2.75) is 51.9 Å². The standard InChI is InChI=1S/C22H30F3NO3Si/c1-22(2,3)30(4,5)29-12-6-11-27-20-10-9-18(24)21(25)16(20)14-28-15-7-8-17(23)19(26)13-15/h7-10,13H,6,11-12,14,26H2,1-5H3. The minimum Gasteiger partial charge on any atom is -0.493 e. The van der Waals surface area contributed by atoms with Crippen LogP contribution in [0.1, 0.15) is 32.8 Å². The van der Waals surface area contributed by atoms with Gasteiger partial charge in [-0.05, 0) is 42.4 Å². The van der Waals surface area contributed by atoms with Gasteiger partial charge < -0.3 is 19.6 Å². The molecule has 30 heavy (non-hydrogen) atoms. The second kappa shape index (κ2) is 9.74. The van der Waals surface area contributed by atoms with E-state index in [0.29, 0.717) is 13.0 Å². The summed E-state index contributed by atoms with van der Waals surface area (Å²) in [7, 11) is -1.84. The molecule has 0 saturated carbocycles. The van der Waals surface area contributed by atoms with Gasteiger partial charge in [-0.1, -0.05) is 20.8 Å². The van der Waals surface area contributed by atoms with Gasteiger partial charge in [0.1, 0.15) is 23.9 Å². The van der Waals surface area contributed by atoms with E-state index in [1.54, 1.807) is 0 Å². The molecule has 0 aliphatic heterocycles. The number of rotatable bonds is 9. The first kappa shape index (κ1) is 24.1. The summed E-state index contributed by atoms with van der Waals surface area (Å²) < 4.78 is 58.5. The summed E-state index contributed by atoms with van der Waals surface area (Å²) >= 11 is 0. The summed E-state index contributed by atoms with van der Waals surface area (Å²) in [5, 5.41) is 0.113. The highest BCUT2D eigenvalue weighted by atomic mass is 28.4. The van der Waals surface area contributed by atoms with E-state index in [4.69, 9.17) is 19.6 Å². The first-order chi connectivity index (χ1) is 13.9. The van der Waals surface area contributed by atoms with Crippen molar-refractivity contribution in [1.29, 1.82) is 0 Å². The maximum absolute atomic E-state index is 14.3. The molecule has 2 aromatic carbocycles. The van der Waals surface area contributed by atoms with E-state index in [0.717, 1.165) is 12.1 Å². The monoisotopic (exact) mass is 441 g/mol. The summed E-state index contributed by atoms with van der Waals surface area (Å²) in [6, 6.07) is 6.17. The predicted molar refractivity (Wildman–Crippen MR) is 115 cm³/mol. The molecule has 0 aliphatic rings. The summed E-state index contributed by atoms with van der Waals surface area (Å²) in [6.45, 7) is 11.4. The third-order valence-electron chi connectivity index (χ3n) is 5.32. The fourth-order valence-electron chi connectivity index (χ4n) is 2.40. The fraction of sp³-hybridized carbons (Fsp3) is 0.455. The molecule has 0 saturated heterocycles. The smallest absolute Gasteiger partial charge is 0.191 e. The molecule has 0 fully saturated rings. The maximum Gasteiger partial charge on any atom is 0.191 e. The zero-order valence-corrected chi connectivity index (χ0v) is 19.2. The van der Waals surface area contributed by atoms with Crippen molar-refractivity contribution >= 4 is 14.0 Å². The molecule has 0 aromatic heterocycles. The lowest BCUT2D eigenvalue weighted by atomic mass is 10.2. The van der Waals surface area contributed by atoms with Gasteiger partial charge in [0.05, 0.1) is 17.9 Å². The van der Waals surface area contributed by atoms with Gasteiger partial charge in [0, 0.05) is 19.1 Å². The van der Waals surface area contributed by atoms with Gasteiger partial charge in [0.2, 0.25) is 0 Å². The highest BCUT2D eigenvalue weighted by Crippen LogP contribution is 2.36. The molecule has 0 amide bonds. The Balaban J connectivity index is 1.98. The lowest BCUT2D eigenvalue weighted by Gasteiger charge is -2.36. The molecule has 2 N–H and O–H groups in total. The van der Waals surface area contributed by atoms with Crippen LogP contribution < -0.4 is 15.2 Å².